The average molecular weight is 300 g/mol. The summed E-state index contributed by atoms with van der Waals surface area (Å²) in [4.78, 5) is 8.36. The Hall–Kier alpha value is -0.950. The first-order valence-corrected chi connectivity index (χ1v) is 6.37. The Balaban J connectivity index is 2.23. The number of hydrogen-bond donors (Lipinski definition) is 0. The molecule has 0 fully saturated rings. The van der Waals surface area contributed by atoms with E-state index in [-0.39, 0.29) is 0 Å². The lowest BCUT2D eigenvalue weighted by molar-refractivity contribution is 0.660. The molecule has 0 aliphatic heterocycles. The van der Waals surface area contributed by atoms with Crippen LogP contribution in [0.15, 0.2) is 27.2 Å². The van der Waals surface area contributed by atoms with E-state index in [0.717, 1.165) is 22.0 Å². The van der Waals surface area contributed by atoms with E-state index in [1.54, 1.807) is 12.4 Å². The minimum absolute atomic E-state index is 0.672. The molecule has 16 heavy (non-hydrogen) atoms. The van der Waals surface area contributed by atoms with Gasteiger partial charge in [-0.1, -0.05) is 0 Å². The summed E-state index contributed by atoms with van der Waals surface area (Å²) in [6.45, 7) is 4.84. The van der Waals surface area contributed by atoms with E-state index < -0.39 is 0 Å². The molecule has 7 heteroatoms. The van der Waals surface area contributed by atoms with Crippen molar-refractivity contribution < 1.29 is 0 Å². The third-order valence-corrected chi connectivity index (χ3v) is 3.28. The fourth-order valence-electron chi connectivity index (χ4n) is 1.24. The first kappa shape index (κ1) is 11.5. The summed E-state index contributed by atoms with van der Waals surface area (Å²) < 4.78 is 2.89. The molecule has 0 bridgehead atoms. The van der Waals surface area contributed by atoms with Crippen LogP contribution in [0.3, 0.4) is 0 Å². The molecule has 0 spiro atoms. The van der Waals surface area contributed by atoms with Crippen molar-refractivity contribution in [3.8, 4) is 0 Å². The van der Waals surface area contributed by atoms with Crippen LogP contribution in [0.2, 0.25) is 0 Å². The van der Waals surface area contributed by atoms with E-state index in [0.29, 0.717) is 5.16 Å². The highest BCUT2D eigenvalue weighted by atomic mass is 79.9. The highest BCUT2D eigenvalue weighted by Crippen LogP contribution is 2.23. The molecular formula is C9H10BrN5S. The Bertz CT molecular complexity index is 481. The topological polar surface area (TPSA) is 56.5 Å². The molecule has 2 rings (SSSR count). The van der Waals surface area contributed by atoms with Gasteiger partial charge in [0.25, 0.3) is 0 Å². The van der Waals surface area contributed by atoms with Gasteiger partial charge in [0, 0.05) is 18.9 Å². The Morgan fingerprint density at radius 3 is 2.62 bits per heavy atom. The molecule has 0 saturated carbocycles. The van der Waals surface area contributed by atoms with Gasteiger partial charge in [0.15, 0.2) is 10.3 Å². The molecule has 0 atom stereocenters. The molecule has 84 valence electrons. The molecular weight excluding hydrogens is 290 g/mol. The summed E-state index contributed by atoms with van der Waals surface area (Å²) in [7, 11) is 0. The quantitative estimate of drug-likeness (QED) is 0.814. The fourth-order valence-corrected chi connectivity index (χ4v) is 2.27. The molecule has 5 nitrogen and oxygen atoms in total. The van der Waals surface area contributed by atoms with E-state index in [2.05, 4.69) is 43.0 Å². The zero-order valence-electron chi connectivity index (χ0n) is 8.88. The van der Waals surface area contributed by atoms with Crippen LogP contribution in [-0.2, 0) is 6.54 Å². The van der Waals surface area contributed by atoms with Gasteiger partial charge in [-0.05, 0) is 41.5 Å². The summed E-state index contributed by atoms with van der Waals surface area (Å²) >= 11 is 4.71. The largest absolute Gasteiger partial charge is 0.306 e. The zero-order valence-corrected chi connectivity index (χ0v) is 11.3. The SMILES string of the molecule is CCn1c(C)nnc1Sc1ncc(Br)cn1. The molecule has 0 unspecified atom stereocenters. The number of aromatic nitrogens is 5. The fraction of sp³-hybridized carbons (Fsp3) is 0.333. The third-order valence-electron chi connectivity index (χ3n) is 2.00. The van der Waals surface area contributed by atoms with Crippen molar-refractivity contribution in [2.45, 2.75) is 30.7 Å². The number of hydrogen-bond acceptors (Lipinski definition) is 5. The summed E-state index contributed by atoms with van der Waals surface area (Å²) in [5, 5.41) is 9.61. The minimum atomic E-state index is 0.672. The van der Waals surface area contributed by atoms with Gasteiger partial charge in [0.2, 0.25) is 0 Å². The van der Waals surface area contributed by atoms with E-state index >= 15 is 0 Å². The molecule has 2 aromatic heterocycles. The van der Waals surface area contributed by atoms with Crippen LogP contribution in [0.25, 0.3) is 0 Å². The van der Waals surface area contributed by atoms with Gasteiger partial charge in [-0.15, -0.1) is 10.2 Å². The summed E-state index contributed by atoms with van der Waals surface area (Å²) in [5.41, 5.74) is 0. The Labute approximate surface area is 106 Å². The lowest BCUT2D eigenvalue weighted by atomic mass is 10.6. The highest BCUT2D eigenvalue weighted by Gasteiger charge is 2.10. The predicted molar refractivity (Wildman–Crippen MR) is 64.3 cm³/mol. The smallest absolute Gasteiger partial charge is 0.199 e. The van der Waals surface area contributed by atoms with E-state index in [1.807, 2.05) is 11.5 Å². The Kier molecular flexibility index (Phi) is 3.55. The maximum Gasteiger partial charge on any atom is 0.199 e. The standard InChI is InChI=1S/C9H10BrN5S/c1-3-15-6(2)13-14-9(15)16-8-11-4-7(10)5-12-8/h4-5H,3H2,1-2H3. The highest BCUT2D eigenvalue weighted by molar-refractivity contribution is 9.10. The van der Waals surface area contributed by atoms with Gasteiger partial charge in [0.1, 0.15) is 5.82 Å². The molecule has 0 aliphatic rings. The summed E-state index contributed by atoms with van der Waals surface area (Å²) in [6, 6.07) is 0. The van der Waals surface area contributed by atoms with Crippen molar-refractivity contribution >= 4 is 27.7 Å². The Morgan fingerprint density at radius 1 is 1.31 bits per heavy atom. The second kappa shape index (κ2) is 4.92. The molecule has 0 N–H and O–H groups in total. The molecule has 0 saturated heterocycles. The lowest BCUT2D eigenvalue weighted by Gasteiger charge is -2.03. The first-order valence-electron chi connectivity index (χ1n) is 4.76. The second-order valence-electron chi connectivity index (χ2n) is 3.06. The normalized spacial score (nSPS) is 10.7. The maximum atomic E-state index is 4.18. The zero-order chi connectivity index (χ0) is 11.5. The molecule has 0 aromatic carbocycles. The van der Waals surface area contributed by atoms with Crippen LogP contribution in [0, 0.1) is 6.92 Å². The van der Waals surface area contributed by atoms with Gasteiger partial charge in [-0.3, -0.25) is 0 Å². The van der Waals surface area contributed by atoms with Crippen LogP contribution in [-0.4, -0.2) is 24.7 Å². The third kappa shape index (κ3) is 2.41. The average Bonchev–Trinajstić information content (AvgIpc) is 2.63. The molecule has 0 aliphatic carbocycles. The maximum absolute atomic E-state index is 4.18. The van der Waals surface area contributed by atoms with Crippen LogP contribution in [0.1, 0.15) is 12.7 Å². The molecule has 2 heterocycles. The van der Waals surface area contributed by atoms with Crippen molar-refractivity contribution in [1.29, 1.82) is 0 Å². The predicted octanol–water partition coefficient (Wildman–Crippen LogP) is 2.31. The number of rotatable bonds is 3. The summed E-state index contributed by atoms with van der Waals surface area (Å²) in [6.07, 6.45) is 3.43. The van der Waals surface area contributed by atoms with Crippen LogP contribution in [0.5, 0.6) is 0 Å². The van der Waals surface area contributed by atoms with Crippen molar-refractivity contribution in [2.75, 3.05) is 0 Å². The van der Waals surface area contributed by atoms with Crippen LogP contribution in [0.4, 0.5) is 0 Å². The second-order valence-corrected chi connectivity index (χ2v) is 4.91. The molecule has 0 radical (unpaired) electrons. The number of aryl methyl sites for hydroxylation is 1. The molecule has 2 aromatic rings. The minimum Gasteiger partial charge on any atom is -0.306 e. The van der Waals surface area contributed by atoms with E-state index in [9.17, 15) is 0 Å². The van der Waals surface area contributed by atoms with Crippen molar-refractivity contribution in [1.82, 2.24) is 24.7 Å². The summed E-state index contributed by atoms with van der Waals surface area (Å²) in [5.74, 6) is 0.905. The first-order chi connectivity index (χ1) is 7.70. The van der Waals surface area contributed by atoms with Crippen molar-refractivity contribution in [3.05, 3.63) is 22.7 Å². The van der Waals surface area contributed by atoms with Gasteiger partial charge >= 0.3 is 0 Å². The van der Waals surface area contributed by atoms with Crippen LogP contribution >= 0.6 is 27.7 Å². The number of nitrogens with zero attached hydrogens (tertiary/aromatic N) is 5. The van der Waals surface area contributed by atoms with Crippen LogP contribution < -0.4 is 0 Å². The van der Waals surface area contributed by atoms with Crippen molar-refractivity contribution in [3.63, 3.8) is 0 Å². The monoisotopic (exact) mass is 299 g/mol. The number of halogens is 1. The van der Waals surface area contributed by atoms with E-state index in [4.69, 9.17) is 0 Å². The van der Waals surface area contributed by atoms with Gasteiger partial charge < -0.3 is 4.57 Å². The van der Waals surface area contributed by atoms with Gasteiger partial charge in [-0.25, -0.2) is 9.97 Å². The lowest BCUT2D eigenvalue weighted by Crippen LogP contribution is -1.99. The molecule has 0 amide bonds. The van der Waals surface area contributed by atoms with Crippen molar-refractivity contribution in [2.24, 2.45) is 0 Å². The van der Waals surface area contributed by atoms with Gasteiger partial charge in [0.05, 0.1) is 4.47 Å². The van der Waals surface area contributed by atoms with Gasteiger partial charge in [-0.2, -0.15) is 0 Å². The Morgan fingerprint density at radius 2 is 2.00 bits per heavy atom. The van der Waals surface area contributed by atoms with E-state index in [1.165, 1.54) is 11.8 Å².